The zero-order valence-electron chi connectivity index (χ0n) is 12.1. The first-order valence-electron chi connectivity index (χ1n) is 6.97. The maximum absolute atomic E-state index is 12.1. The van der Waals surface area contributed by atoms with Gasteiger partial charge in [0.15, 0.2) is 5.16 Å². The molecule has 0 aliphatic carbocycles. The first-order valence-corrected chi connectivity index (χ1v) is 9.15. The molecule has 0 bridgehead atoms. The fourth-order valence-corrected chi connectivity index (χ4v) is 4.09. The molecule has 0 unspecified atom stereocenters. The van der Waals surface area contributed by atoms with Crippen molar-refractivity contribution in [2.24, 2.45) is 0 Å². The summed E-state index contributed by atoms with van der Waals surface area (Å²) in [5, 5.41) is 12.3. The van der Waals surface area contributed by atoms with Crippen LogP contribution in [0.2, 0.25) is 5.02 Å². The van der Waals surface area contributed by atoms with E-state index >= 15 is 0 Å². The van der Waals surface area contributed by atoms with E-state index in [4.69, 9.17) is 11.6 Å². The second-order valence-corrected chi connectivity index (χ2v) is 7.26. The van der Waals surface area contributed by atoms with Crippen LogP contribution in [-0.4, -0.2) is 31.2 Å². The Bertz CT molecular complexity index is 1030. The summed E-state index contributed by atoms with van der Waals surface area (Å²) < 4.78 is 3.11. The van der Waals surface area contributed by atoms with Crippen molar-refractivity contribution in [2.45, 2.75) is 5.16 Å². The summed E-state index contributed by atoms with van der Waals surface area (Å²) in [7, 11) is 0. The van der Waals surface area contributed by atoms with Gasteiger partial charge in [0.1, 0.15) is 5.82 Å². The molecule has 0 atom stereocenters. The van der Waals surface area contributed by atoms with Crippen LogP contribution in [0.3, 0.4) is 0 Å². The van der Waals surface area contributed by atoms with Gasteiger partial charge < -0.3 is 5.32 Å². The van der Waals surface area contributed by atoms with Gasteiger partial charge in [0.25, 0.3) is 0 Å². The number of benzene rings is 1. The lowest BCUT2D eigenvalue weighted by Crippen LogP contribution is -2.15. The third kappa shape index (κ3) is 2.95. The molecule has 3 aromatic heterocycles. The van der Waals surface area contributed by atoms with Crippen LogP contribution >= 0.6 is 34.7 Å². The van der Waals surface area contributed by atoms with E-state index in [-0.39, 0.29) is 11.7 Å². The van der Waals surface area contributed by atoms with Crippen molar-refractivity contribution in [3.05, 3.63) is 47.6 Å². The monoisotopic (exact) mass is 375 g/mol. The predicted octanol–water partition coefficient (Wildman–Crippen LogP) is 3.72. The Morgan fingerprint density at radius 2 is 2.12 bits per heavy atom. The number of thiazole rings is 1. The number of fused-ring (bicyclic) bond motifs is 3. The molecule has 1 amide bonds. The number of halogens is 1. The molecule has 24 heavy (non-hydrogen) atoms. The number of nitrogens with zero attached hydrogens (tertiary/aromatic N) is 4. The predicted molar refractivity (Wildman–Crippen MR) is 97.0 cm³/mol. The molecular formula is C15H10ClN5OS2. The third-order valence-electron chi connectivity index (χ3n) is 3.24. The fourth-order valence-electron chi connectivity index (χ4n) is 2.21. The molecule has 9 heteroatoms. The number of aromatic nitrogens is 4. The molecule has 1 N–H and O–H groups in total. The Labute approximate surface area is 149 Å². The highest BCUT2D eigenvalue weighted by Crippen LogP contribution is 2.29. The number of pyridine rings is 1. The van der Waals surface area contributed by atoms with E-state index < -0.39 is 0 Å². The maximum atomic E-state index is 12.1. The van der Waals surface area contributed by atoms with Crippen molar-refractivity contribution in [1.29, 1.82) is 0 Å². The number of hydrogen-bond acceptors (Lipinski definition) is 6. The normalized spacial score (nSPS) is 11.2. The molecule has 4 rings (SSSR count). The second-order valence-electron chi connectivity index (χ2n) is 4.87. The summed E-state index contributed by atoms with van der Waals surface area (Å²) in [5.74, 6) is 0.526. The highest BCUT2D eigenvalue weighted by Gasteiger charge is 2.14. The number of carbonyl (C=O) groups is 1. The molecule has 120 valence electrons. The van der Waals surface area contributed by atoms with Gasteiger partial charge in [-0.3, -0.25) is 9.20 Å². The summed E-state index contributed by atoms with van der Waals surface area (Å²) in [6, 6.07) is 11.4. The molecule has 0 fully saturated rings. The minimum Gasteiger partial charge on any atom is -0.310 e. The van der Waals surface area contributed by atoms with E-state index in [1.54, 1.807) is 23.5 Å². The van der Waals surface area contributed by atoms with Gasteiger partial charge in [-0.2, -0.15) is 0 Å². The van der Waals surface area contributed by atoms with E-state index in [0.717, 1.165) is 15.2 Å². The Balaban J connectivity index is 1.50. The number of rotatable bonds is 4. The van der Waals surface area contributed by atoms with Crippen LogP contribution in [0.25, 0.3) is 15.2 Å². The minimum absolute atomic E-state index is 0.161. The number of carbonyl (C=O) groups excluding carboxylic acids is 1. The zero-order chi connectivity index (χ0) is 16.5. The number of para-hydroxylation sites is 1. The van der Waals surface area contributed by atoms with E-state index in [0.29, 0.717) is 16.0 Å². The van der Waals surface area contributed by atoms with Crippen LogP contribution < -0.4 is 5.32 Å². The number of anilines is 1. The smallest absolute Gasteiger partial charge is 0.236 e. The van der Waals surface area contributed by atoms with Crippen molar-refractivity contribution in [3.8, 4) is 0 Å². The lowest BCUT2D eigenvalue weighted by molar-refractivity contribution is -0.113. The van der Waals surface area contributed by atoms with E-state index in [9.17, 15) is 4.79 Å². The molecule has 0 aliphatic rings. The quantitative estimate of drug-likeness (QED) is 0.550. The van der Waals surface area contributed by atoms with Gasteiger partial charge in [0, 0.05) is 6.20 Å². The van der Waals surface area contributed by atoms with E-state index in [2.05, 4.69) is 20.5 Å². The molecule has 1 aromatic carbocycles. The van der Waals surface area contributed by atoms with Gasteiger partial charge in [-0.1, -0.05) is 46.8 Å². The summed E-state index contributed by atoms with van der Waals surface area (Å²) in [6.45, 7) is 0. The van der Waals surface area contributed by atoms with Crippen molar-refractivity contribution in [3.63, 3.8) is 0 Å². The first-order chi connectivity index (χ1) is 11.7. The number of amides is 1. The standard InChI is InChI=1S/C15H10ClN5OS2/c16-9-5-6-12(17-7-9)18-13(22)8-23-14-19-20-15-21(14)10-3-1-2-4-11(10)24-15/h1-7H,8H2,(H,17,18,22). The summed E-state index contributed by atoms with van der Waals surface area (Å²) >= 11 is 8.68. The lowest BCUT2D eigenvalue weighted by atomic mass is 10.3. The van der Waals surface area contributed by atoms with Crippen LogP contribution in [-0.2, 0) is 4.79 Å². The third-order valence-corrected chi connectivity index (χ3v) is 5.40. The highest BCUT2D eigenvalue weighted by molar-refractivity contribution is 7.99. The van der Waals surface area contributed by atoms with Crippen molar-refractivity contribution >= 4 is 61.6 Å². The molecule has 0 radical (unpaired) electrons. The van der Waals surface area contributed by atoms with Crippen LogP contribution in [0.5, 0.6) is 0 Å². The van der Waals surface area contributed by atoms with Crippen molar-refractivity contribution in [2.75, 3.05) is 11.1 Å². The van der Waals surface area contributed by atoms with E-state index in [1.165, 1.54) is 18.0 Å². The lowest BCUT2D eigenvalue weighted by Gasteiger charge is -2.03. The number of thioether (sulfide) groups is 1. The van der Waals surface area contributed by atoms with Gasteiger partial charge in [-0.15, -0.1) is 10.2 Å². The SMILES string of the molecule is O=C(CSc1nnc2sc3ccccc3n12)Nc1ccc(Cl)cn1. The average molecular weight is 376 g/mol. The summed E-state index contributed by atoms with van der Waals surface area (Å²) in [4.78, 5) is 16.9. The first kappa shape index (κ1) is 15.4. The Morgan fingerprint density at radius 3 is 2.96 bits per heavy atom. The molecular weight excluding hydrogens is 366 g/mol. The Hall–Kier alpha value is -2.16. The molecule has 3 heterocycles. The largest absolute Gasteiger partial charge is 0.310 e. The van der Waals surface area contributed by atoms with E-state index in [1.807, 2.05) is 28.7 Å². The summed E-state index contributed by atoms with van der Waals surface area (Å²) in [6.07, 6.45) is 1.49. The minimum atomic E-state index is -0.161. The second kappa shape index (κ2) is 6.39. The molecule has 0 saturated heterocycles. The average Bonchev–Trinajstić information content (AvgIpc) is 3.14. The zero-order valence-corrected chi connectivity index (χ0v) is 14.5. The highest BCUT2D eigenvalue weighted by atomic mass is 35.5. The van der Waals surface area contributed by atoms with Crippen LogP contribution in [0.1, 0.15) is 0 Å². The molecule has 0 saturated carbocycles. The van der Waals surface area contributed by atoms with Crippen LogP contribution in [0.15, 0.2) is 47.8 Å². The fraction of sp³-hybridized carbons (Fsp3) is 0.0667. The Kier molecular flexibility index (Phi) is 4.09. The topological polar surface area (TPSA) is 72.2 Å². The molecule has 6 nitrogen and oxygen atoms in total. The van der Waals surface area contributed by atoms with Gasteiger partial charge in [0.05, 0.1) is 21.0 Å². The number of nitrogens with one attached hydrogen (secondary N) is 1. The van der Waals surface area contributed by atoms with Crippen molar-refractivity contribution in [1.82, 2.24) is 19.6 Å². The maximum Gasteiger partial charge on any atom is 0.236 e. The molecule has 0 spiro atoms. The Morgan fingerprint density at radius 1 is 1.25 bits per heavy atom. The van der Waals surface area contributed by atoms with Crippen LogP contribution in [0.4, 0.5) is 5.82 Å². The summed E-state index contributed by atoms with van der Waals surface area (Å²) in [5.41, 5.74) is 1.05. The van der Waals surface area contributed by atoms with Crippen molar-refractivity contribution < 1.29 is 4.79 Å². The molecule has 4 aromatic rings. The van der Waals surface area contributed by atoms with Gasteiger partial charge >= 0.3 is 0 Å². The van der Waals surface area contributed by atoms with Gasteiger partial charge in [0.2, 0.25) is 10.9 Å². The molecule has 0 aliphatic heterocycles. The van der Waals surface area contributed by atoms with Crippen LogP contribution in [0, 0.1) is 0 Å². The number of hydrogen-bond donors (Lipinski definition) is 1. The van der Waals surface area contributed by atoms with Gasteiger partial charge in [-0.05, 0) is 24.3 Å². The van der Waals surface area contributed by atoms with Gasteiger partial charge in [-0.25, -0.2) is 4.98 Å².